The number of aromatic hydroxyl groups is 1. The molecule has 1 heterocycles. The number of thiazole rings is 1. The third kappa shape index (κ3) is 3.33. The number of phenolic OH excluding ortho intramolecular Hbond substituents is 1. The van der Waals surface area contributed by atoms with Gasteiger partial charge in [-0.2, -0.15) is 0 Å². The van der Waals surface area contributed by atoms with Crippen molar-refractivity contribution in [2.45, 2.75) is 26.3 Å². The lowest BCUT2D eigenvalue weighted by atomic mass is 10.1. The number of rotatable bonds is 5. The Morgan fingerprint density at radius 1 is 1.52 bits per heavy atom. The summed E-state index contributed by atoms with van der Waals surface area (Å²) in [7, 11) is 1.45. The average Bonchev–Trinajstić information content (AvgIpc) is 2.96. The van der Waals surface area contributed by atoms with Crippen molar-refractivity contribution < 1.29 is 14.6 Å². The number of carbonyl (C=O) groups excluding carboxylic acids is 1. The standard InChI is InChI=1S/C15H18N2O3S/c1-4-10-8-16-15(21-10)9(2)17-14(19)11-6-5-7-12(20-3)13(11)18/h5-9,18H,4H2,1-3H3,(H,17,19). The number of amides is 1. The van der Waals surface area contributed by atoms with Gasteiger partial charge in [-0.3, -0.25) is 4.79 Å². The third-order valence-electron chi connectivity index (χ3n) is 3.10. The van der Waals surface area contributed by atoms with E-state index in [2.05, 4.69) is 17.2 Å². The van der Waals surface area contributed by atoms with E-state index in [4.69, 9.17) is 4.74 Å². The van der Waals surface area contributed by atoms with Crippen molar-refractivity contribution in [1.29, 1.82) is 0 Å². The van der Waals surface area contributed by atoms with Crippen LogP contribution in [-0.2, 0) is 6.42 Å². The molecule has 1 aromatic carbocycles. The van der Waals surface area contributed by atoms with Crippen LogP contribution in [0.25, 0.3) is 0 Å². The Bertz CT molecular complexity index is 640. The summed E-state index contributed by atoms with van der Waals surface area (Å²) in [5, 5.41) is 13.7. The molecule has 0 spiro atoms. The molecule has 112 valence electrons. The van der Waals surface area contributed by atoms with Gasteiger partial charge in [-0.05, 0) is 25.5 Å². The van der Waals surface area contributed by atoms with Crippen molar-refractivity contribution in [3.8, 4) is 11.5 Å². The number of hydrogen-bond acceptors (Lipinski definition) is 5. The number of para-hydroxylation sites is 1. The van der Waals surface area contributed by atoms with E-state index < -0.39 is 0 Å². The fourth-order valence-electron chi connectivity index (χ4n) is 1.89. The molecule has 1 unspecified atom stereocenters. The summed E-state index contributed by atoms with van der Waals surface area (Å²) in [6.45, 7) is 3.93. The lowest BCUT2D eigenvalue weighted by Crippen LogP contribution is -2.26. The van der Waals surface area contributed by atoms with Gasteiger partial charge in [-0.25, -0.2) is 4.98 Å². The van der Waals surface area contributed by atoms with Gasteiger partial charge >= 0.3 is 0 Å². The van der Waals surface area contributed by atoms with Crippen LogP contribution < -0.4 is 10.1 Å². The first-order valence-electron chi connectivity index (χ1n) is 6.68. The smallest absolute Gasteiger partial charge is 0.255 e. The zero-order chi connectivity index (χ0) is 15.4. The summed E-state index contributed by atoms with van der Waals surface area (Å²) >= 11 is 1.58. The highest BCUT2D eigenvalue weighted by Gasteiger charge is 2.18. The number of hydrogen-bond donors (Lipinski definition) is 2. The minimum atomic E-state index is -0.354. The van der Waals surface area contributed by atoms with Crippen LogP contribution in [-0.4, -0.2) is 23.1 Å². The number of carbonyl (C=O) groups is 1. The molecule has 0 saturated heterocycles. The largest absolute Gasteiger partial charge is 0.504 e. The minimum Gasteiger partial charge on any atom is -0.504 e. The van der Waals surface area contributed by atoms with Crippen molar-refractivity contribution in [2.24, 2.45) is 0 Å². The third-order valence-corrected chi connectivity index (χ3v) is 4.43. The van der Waals surface area contributed by atoms with Crippen LogP contribution in [0.5, 0.6) is 11.5 Å². The Kier molecular flexibility index (Phi) is 4.80. The van der Waals surface area contributed by atoms with Gasteiger partial charge in [0.05, 0.1) is 18.7 Å². The van der Waals surface area contributed by atoms with Crippen LogP contribution in [0.3, 0.4) is 0 Å². The highest BCUT2D eigenvalue weighted by atomic mass is 32.1. The first-order valence-corrected chi connectivity index (χ1v) is 7.49. The minimum absolute atomic E-state index is 0.155. The summed E-state index contributed by atoms with van der Waals surface area (Å²) in [6.07, 6.45) is 2.75. The van der Waals surface area contributed by atoms with Gasteiger partial charge in [0, 0.05) is 11.1 Å². The van der Waals surface area contributed by atoms with Crippen molar-refractivity contribution in [2.75, 3.05) is 7.11 Å². The molecule has 0 radical (unpaired) electrons. The maximum absolute atomic E-state index is 12.2. The number of nitrogens with zero attached hydrogens (tertiary/aromatic N) is 1. The van der Waals surface area contributed by atoms with Crippen LogP contribution in [0, 0.1) is 0 Å². The molecule has 0 fully saturated rings. The topological polar surface area (TPSA) is 71.5 Å². The van der Waals surface area contributed by atoms with Crippen LogP contribution in [0.1, 0.15) is 40.1 Å². The molecule has 21 heavy (non-hydrogen) atoms. The molecule has 0 aliphatic heterocycles. The molecule has 2 N–H and O–H groups in total. The quantitative estimate of drug-likeness (QED) is 0.891. The van der Waals surface area contributed by atoms with Gasteiger partial charge in [0.15, 0.2) is 11.5 Å². The van der Waals surface area contributed by atoms with Crippen LogP contribution in [0.15, 0.2) is 24.4 Å². The zero-order valence-electron chi connectivity index (χ0n) is 12.2. The lowest BCUT2D eigenvalue weighted by molar-refractivity contribution is 0.0936. The molecular formula is C15H18N2O3S. The van der Waals surface area contributed by atoms with E-state index in [-0.39, 0.29) is 29.0 Å². The summed E-state index contributed by atoms with van der Waals surface area (Å²) < 4.78 is 5.00. The highest BCUT2D eigenvalue weighted by Crippen LogP contribution is 2.30. The number of phenols is 1. The van der Waals surface area contributed by atoms with E-state index in [9.17, 15) is 9.90 Å². The molecule has 5 nitrogen and oxygen atoms in total. The van der Waals surface area contributed by atoms with Gasteiger partial charge in [0.2, 0.25) is 0 Å². The Morgan fingerprint density at radius 3 is 2.90 bits per heavy atom. The van der Waals surface area contributed by atoms with Crippen LogP contribution in [0.4, 0.5) is 0 Å². The summed E-state index contributed by atoms with van der Waals surface area (Å²) in [6, 6.07) is 4.60. The van der Waals surface area contributed by atoms with Gasteiger partial charge in [0.25, 0.3) is 5.91 Å². The number of nitrogens with one attached hydrogen (secondary N) is 1. The van der Waals surface area contributed by atoms with Crippen molar-refractivity contribution in [3.63, 3.8) is 0 Å². The van der Waals surface area contributed by atoms with E-state index >= 15 is 0 Å². The second-order valence-electron chi connectivity index (χ2n) is 4.57. The molecule has 1 atom stereocenters. The first-order chi connectivity index (χ1) is 10.1. The molecule has 1 amide bonds. The summed E-state index contributed by atoms with van der Waals surface area (Å²) in [5.41, 5.74) is 0.188. The maximum atomic E-state index is 12.2. The predicted molar refractivity (Wildman–Crippen MR) is 82.0 cm³/mol. The fourth-order valence-corrected chi connectivity index (χ4v) is 2.75. The van der Waals surface area contributed by atoms with E-state index in [1.165, 1.54) is 12.0 Å². The number of benzene rings is 1. The summed E-state index contributed by atoms with van der Waals surface area (Å²) in [5.74, 6) is -0.233. The van der Waals surface area contributed by atoms with E-state index in [0.717, 1.165) is 11.4 Å². The molecule has 1 aromatic heterocycles. The van der Waals surface area contributed by atoms with Crippen molar-refractivity contribution >= 4 is 17.2 Å². The maximum Gasteiger partial charge on any atom is 0.255 e. The Morgan fingerprint density at radius 2 is 2.29 bits per heavy atom. The molecule has 2 aromatic rings. The molecule has 6 heteroatoms. The Hall–Kier alpha value is -2.08. The molecular weight excluding hydrogens is 288 g/mol. The predicted octanol–water partition coefficient (Wildman–Crippen LogP) is 2.91. The molecule has 0 bridgehead atoms. The molecule has 2 rings (SSSR count). The Labute approximate surface area is 127 Å². The molecule has 0 aliphatic rings. The fraction of sp³-hybridized carbons (Fsp3) is 0.333. The second-order valence-corrected chi connectivity index (χ2v) is 5.72. The number of ether oxygens (including phenoxy) is 1. The van der Waals surface area contributed by atoms with E-state index in [1.54, 1.807) is 29.5 Å². The summed E-state index contributed by atoms with van der Waals surface area (Å²) in [4.78, 5) is 17.7. The molecule has 0 aliphatic carbocycles. The van der Waals surface area contributed by atoms with Gasteiger partial charge < -0.3 is 15.2 Å². The zero-order valence-corrected chi connectivity index (χ0v) is 13.0. The van der Waals surface area contributed by atoms with Gasteiger partial charge in [-0.1, -0.05) is 13.0 Å². The first kappa shape index (κ1) is 15.3. The average molecular weight is 306 g/mol. The molecule has 0 saturated carbocycles. The SMILES string of the molecule is CCc1cnc(C(C)NC(=O)c2cccc(OC)c2O)s1. The monoisotopic (exact) mass is 306 g/mol. The van der Waals surface area contributed by atoms with Gasteiger partial charge in [-0.15, -0.1) is 11.3 Å². The normalized spacial score (nSPS) is 12.0. The highest BCUT2D eigenvalue weighted by molar-refractivity contribution is 7.11. The van der Waals surface area contributed by atoms with Crippen molar-refractivity contribution in [3.05, 3.63) is 39.8 Å². The number of aromatic nitrogens is 1. The lowest BCUT2D eigenvalue weighted by Gasteiger charge is -2.13. The second kappa shape index (κ2) is 6.58. The number of methoxy groups -OCH3 is 1. The van der Waals surface area contributed by atoms with Crippen LogP contribution >= 0.6 is 11.3 Å². The van der Waals surface area contributed by atoms with Crippen molar-refractivity contribution in [1.82, 2.24) is 10.3 Å². The van der Waals surface area contributed by atoms with Crippen LogP contribution in [0.2, 0.25) is 0 Å². The Balaban J connectivity index is 2.14. The number of aryl methyl sites for hydroxylation is 1. The van der Waals surface area contributed by atoms with E-state index in [0.29, 0.717) is 0 Å². The van der Waals surface area contributed by atoms with E-state index in [1.807, 2.05) is 13.1 Å². The van der Waals surface area contributed by atoms with Gasteiger partial charge in [0.1, 0.15) is 5.01 Å².